The fraction of sp³-hybridized carbons (Fsp3) is 0.667. The molecule has 1 aromatic carbocycles. The van der Waals surface area contributed by atoms with Crippen molar-refractivity contribution in [1.29, 1.82) is 0 Å². The molecule has 0 bridgehead atoms. The zero-order valence-electron chi connectivity index (χ0n) is 15.9. The van der Waals surface area contributed by atoms with Crippen LogP contribution in [0.15, 0.2) is 24.3 Å². The normalized spacial score (nSPS) is 25.1. The smallest absolute Gasteiger partial charge is 0.233 e. The number of amides is 1. The fourth-order valence-corrected chi connectivity index (χ4v) is 4.71. The molecule has 0 aromatic heterocycles. The van der Waals surface area contributed by atoms with Crippen LogP contribution in [0.1, 0.15) is 63.5 Å². The van der Waals surface area contributed by atoms with Gasteiger partial charge in [0.05, 0.1) is 5.41 Å². The van der Waals surface area contributed by atoms with Crippen molar-refractivity contribution >= 4 is 18.3 Å². The van der Waals surface area contributed by atoms with E-state index in [1.807, 2.05) is 0 Å². The number of halogens is 1. The molecule has 3 nitrogen and oxygen atoms in total. The molecule has 1 aromatic rings. The third-order valence-electron chi connectivity index (χ3n) is 6.38. The maximum absolute atomic E-state index is 13.7. The first-order chi connectivity index (χ1) is 11.4. The fourth-order valence-electron chi connectivity index (χ4n) is 4.71. The van der Waals surface area contributed by atoms with Gasteiger partial charge in [0.1, 0.15) is 0 Å². The highest BCUT2D eigenvalue weighted by molar-refractivity contribution is 5.89. The van der Waals surface area contributed by atoms with Crippen molar-refractivity contribution in [2.24, 2.45) is 11.1 Å². The average Bonchev–Trinajstić information content (AvgIpc) is 2.57. The third kappa shape index (κ3) is 3.73. The number of nitrogens with two attached hydrogens (primary N) is 1. The van der Waals surface area contributed by atoms with Gasteiger partial charge < -0.3 is 10.6 Å². The molecule has 0 spiro atoms. The topological polar surface area (TPSA) is 46.3 Å². The van der Waals surface area contributed by atoms with E-state index in [0.717, 1.165) is 45.2 Å². The van der Waals surface area contributed by atoms with Crippen molar-refractivity contribution in [3.05, 3.63) is 35.4 Å². The van der Waals surface area contributed by atoms with Gasteiger partial charge in [-0.3, -0.25) is 4.79 Å². The highest BCUT2D eigenvalue weighted by Crippen LogP contribution is 2.43. The zero-order valence-corrected chi connectivity index (χ0v) is 16.7. The second-order valence-corrected chi connectivity index (χ2v) is 8.57. The highest BCUT2D eigenvalue weighted by Gasteiger charge is 2.46. The SMILES string of the molecule is Cc1ccccc1C1(C(=O)N2CCC(N)C(C)(C)C2)CCCCC1.Cl. The molecular weight excluding hydrogens is 332 g/mol. The number of carbonyl (C=O) groups is 1. The standard InChI is InChI=1S/C21H32N2O.ClH/c1-16-9-5-6-10-17(16)21(12-7-4-8-13-21)19(24)23-14-11-18(22)20(2,3)15-23;/h5-6,9-10,18H,4,7-8,11-15,22H2,1-3H3;1H. The van der Waals surface area contributed by atoms with Crippen LogP contribution in [0.3, 0.4) is 0 Å². The van der Waals surface area contributed by atoms with E-state index >= 15 is 0 Å². The van der Waals surface area contributed by atoms with E-state index in [4.69, 9.17) is 5.73 Å². The number of likely N-dealkylation sites (tertiary alicyclic amines) is 1. The molecule has 3 rings (SSSR count). The molecule has 4 heteroatoms. The lowest BCUT2D eigenvalue weighted by atomic mass is 9.66. The van der Waals surface area contributed by atoms with E-state index in [1.54, 1.807) is 0 Å². The van der Waals surface area contributed by atoms with Gasteiger partial charge in [0.2, 0.25) is 5.91 Å². The molecule has 0 radical (unpaired) electrons. The first-order valence-electron chi connectivity index (χ1n) is 9.48. The highest BCUT2D eigenvalue weighted by atomic mass is 35.5. The summed E-state index contributed by atoms with van der Waals surface area (Å²) in [7, 11) is 0. The third-order valence-corrected chi connectivity index (χ3v) is 6.38. The quantitative estimate of drug-likeness (QED) is 0.854. The molecule has 1 heterocycles. The number of carbonyl (C=O) groups excluding carboxylic acids is 1. The summed E-state index contributed by atoms with van der Waals surface area (Å²) in [6, 6.07) is 8.67. The Morgan fingerprint density at radius 2 is 1.80 bits per heavy atom. The second-order valence-electron chi connectivity index (χ2n) is 8.57. The molecule has 25 heavy (non-hydrogen) atoms. The minimum atomic E-state index is -0.318. The second kappa shape index (κ2) is 7.67. The van der Waals surface area contributed by atoms with Crippen LogP contribution in [-0.2, 0) is 10.2 Å². The molecule has 2 aliphatic rings. The monoisotopic (exact) mass is 364 g/mol. The van der Waals surface area contributed by atoms with Crippen LogP contribution in [0.5, 0.6) is 0 Å². The minimum Gasteiger partial charge on any atom is -0.341 e. The predicted molar refractivity (Wildman–Crippen MR) is 106 cm³/mol. The number of rotatable bonds is 2. The number of benzene rings is 1. The molecular formula is C21H33ClN2O. The van der Waals surface area contributed by atoms with E-state index in [9.17, 15) is 4.79 Å². The van der Waals surface area contributed by atoms with Gasteiger partial charge in [0.15, 0.2) is 0 Å². The van der Waals surface area contributed by atoms with Crippen LogP contribution in [0.2, 0.25) is 0 Å². The number of piperidine rings is 1. The summed E-state index contributed by atoms with van der Waals surface area (Å²) < 4.78 is 0. The Hall–Kier alpha value is -1.06. The summed E-state index contributed by atoms with van der Waals surface area (Å²) in [6.45, 7) is 8.11. The van der Waals surface area contributed by atoms with E-state index in [-0.39, 0.29) is 29.3 Å². The van der Waals surface area contributed by atoms with Crippen molar-refractivity contribution < 1.29 is 4.79 Å². The average molecular weight is 365 g/mol. The summed E-state index contributed by atoms with van der Waals surface area (Å²) in [6.07, 6.45) is 6.42. The number of aryl methyl sites for hydroxylation is 1. The van der Waals surface area contributed by atoms with Gasteiger partial charge in [-0.15, -0.1) is 12.4 Å². The van der Waals surface area contributed by atoms with Gasteiger partial charge in [-0.05, 0) is 42.7 Å². The Labute approximate surface area is 158 Å². The molecule has 1 saturated carbocycles. The van der Waals surface area contributed by atoms with Gasteiger partial charge in [0, 0.05) is 19.1 Å². The van der Waals surface area contributed by atoms with Gasteiger partial charge in [-0.25, -0.2) is 0 Å². The van der Waals surface area contributed by atoms with E-state index < -0.39 is 0 Å². The molecule has 140 valence electrons. The maximum atomic E-state index is 13.7. The Balaban J connectivity index is 0.00000225. The van der Waals surface area contributed by atoms with E-state index in [0.29, 0.717) is 5.91 Å². The largest absolute Gasteiger partial charge is 0.341 e. The minimum absolute atomic E-state index is 0. The van der Waals surface area contributed by atoms with Gasteiger partial charge in [0.25, 0.3) is 0 Å². The molecule has 1 atom stereocenters. The van der Waals surface area contributed by atoms with Crippen molar-refractivity contribution in [1.82, 2.24) is 4.90 Å². The zero-order chi connectivity index (χ0) is 17.4. The molecule has 1 aliphatic carbocycles. The first-order valence-corrected chi connectivity index (χ1v) is 9.48. The van der Waals surface area contributed by atoms with E-state index in [1.165, 1.54) is 17.5 Å². The lowest BCUT2D eigenvalue weighted by Gasteiger charge is -2.47. The van der Waals surface area contributed by atoms with Crippen LogP contribution >= 0.6 is 12.4 Å². The van der Waals surface area contributed by atoms with E-state index in [2.05, 4.69) is 49.9 Å². The number of hydrogen-bond acceptors (Lipinski definition) is 2. The van der Waals surface area contributed by atoms with Crippen molar-refractivity contribution in [2.45, 2.75) is 70.8 Å². The lowest BCUT2D eigenvalue weighted by molar-refractivity contribution is -0.142. The molecule has 1 unspecified atom stereocenters. The predicted octanol–water partition coefficient (Wildman–Crippen LogP) is 4.20. The Kier molecular flexibility index (Phi) is 6.22. The first kappa shape index (κ1) is 20.3. The van der Waals surface area contributed by atoms with Crippen LogP contribution < -0.4 is 5.73 Å². The maximum Gasteiger partial charge on any atom is 0.233 e. The number of nitrogens with zero attached hydrogens (tertiary/aromatic N) is 1. The summed E-state index contributed by atoms with van der Waals surface area (Å²) >= 11 is 0. The van der Waals surface area contributed by atoms with Crippen molar-refractivity contribution in [3.8, 4) is 0 Å². The number of hydrogen-bond donors (Lipinski definition) is 1. The van der Waals surface area contributed by atoms with Crippen molar-refractivity contribution in [2.75, 3.05) is 13.1 Å². The van der Waals surface area contributed by atoms with Gasteiger partial charge >= 0.3 is 0 Å². The lowest BCUT2D eigenvalue weighted by Crippen LogP contribution is -2.58. The summed E-state index contributed by atoms with van der Waals surface area (Å²) in [5.41, 5.74) is 8.46. The van der Waals surface area contributed by atoms with Gasteiger partial charge in [-0.1, -0.05) is 57.4 Å². The Morgan fingerprint density at radius 3 is 2.40 bits per heavy atom. The molecule has 1 amide bonds. The van der Waals surface area contributed by atoms with Crippen molar-refractivity contribution in [3.63, 3.8) is 0 Å². The van der Waals surface area contributed by atoms with Crippen LogP contribution in [0, 0.1) is 12.3 Å². The van der Waals surface area contributed by atoms with Crippen LogP contribution in [0.25, 0.3) is 0 Å². The Bertz CT molecular complexity index is 608. The van der Waals surface area contributed by atoms with Crippen LogP contribution in [-0.4, -0.2) is 29.9 Å². The van der Waals surface area contributed by atoms with Crippen LogP contribution in [0.4, 0.5) is 0 Å². The summed E-state index contributed by atoms with van der Waals surface area (Å²) in [4.78, 5) is 15.8. The molecule has 1 aliphatic heterocycles. The molecule has 1 saturated heterocycles. The Morgan fingerprint density at radius 1 is 1.16 bits per heavy atom. The molecule has 2 fully saturated rings. The summed E-state index contributed by atoms with van der Waals surface area (Å²) in [5.74, 6) is 0.344. The molecule has 2 N–H and O–H groups in total. The van der Waals surface area contributed by atoms with Gasteiger partial charge in [-0.2, -0.15) is 0 Å². The summed E-state index contributed by atoms with van der Waals surface area (Å²) in [5, 5.41) is 0.